The average Bonchev–Trinajstić information content (AvgIpc) is 2.03. The molecule has 3 heteroatoms. The van der Waals surface area contributed by atoms with E-state index in [1.54, 1.807) is 6.92 Å². The number of amides is 1. The Morgan fingerprint density at radius 1 is 1.38 bits per heavy atom. The van der Waals surface area contributed by atoms with Crippen molar-refractivity contribution in [1.82, 2.24) is 5.32 Å². The van der Waals surface area contributed by atoms with Crippen molar-refractivity contribution in [3.8, 4) is 0 Å². The maximum Gasteiger partial charge on any atom is 0.249 e. The summed E-state index contributed by atoms with van der Waals surface area (Å²) in [7, 11) is 0. The monoisotopic (exact) mass is 187 g/mol. The summed E-state index contributed by atoms with van der Waals surface area (Å²) in [6.45, 7) is 8.44. The van der Waals surface area contributed by atoms with Crippen LogP contribution in [0.5, 0.6) is 0 Å². The van der Waals surface area contributed by atoms with E-state index in [0.717, 1.165) is 12.8 Å². The summed E-state index contributed by atoms with van der Waals surface area (Å²) in [5, 5.41) is 2.81. The Morgan fingerprint density at radius 3 is 2.46 bits per heavy atom. The quantitative estimate of drug-likeness (QED) is 0.643. The minimum atomic E-state index is -0.325. The third kappa shape index (κ3) is 6.58. The molecule has 0 aromatic carbocycles. The van der Waals surface area contributed by atoms with Crippen molar-refractivity contribution in [3.63, 3.8) is 0 Å². The number of unbranched alkanes of at least 4 members (excludes halogenated alkanes) is 1. The van der Waals surface area contributed by atoms with Gasteiger partial charge in [0.25, 0.3) is 0 Å². The summed E-state index contributed by atoms with van der Waals surface area (Å²) >= 11 is 0. The first-order valence-electron chi connectivity index (χ1n) is 5.00. The lowest BCUT2D eigenvalue weighted by atomic mass is 10.3. The van der Waals surface area contributed by atoms with E-state index in [0.29, 0.717) is 6.61 Å². The third-order valence-corrected chi connectivity index (χ3v) is 1.67. The molecule has 0 heterocycles. The molecule has 1 amide bonds. The Hall–Kier alpha value is -0.570. The largest absolute Gasteiger partial charge is 0.369 e. The lowest BCUT2D eigenvalue weighted by Gasteiger charge is -2.14. The molecule has 3 nitrogen and oxygen atoms in total. The molecule has 0 bridgehead atoms. The number of carbonyl (C=O) groups excluding carboxylic acids is 1. The summed E-state index contributed by atoms with van der Waals surface area (Å²) in [6.07, 6.45) is 1.78. The van der Waals surface area contributed by atoms with Gasteiger partial charge in [0.05, 0.1) is 0 Å². The number of hydrogen-bond donors (Lipinski definition) is 1. The van der Waals surface area contributed by atoms with Crippen molar-refractivity contribution in [2.75, 3.05) is 6.61 Å². The maximum atomic E-state index is 11.3. The lowest BCUT2D eigenvalue weighted by molar-refractivity contribution is -0.132. The van der Waals surface area contributed by atoms with Crippen LogP contribution in [0.2, 0.25) is 0 Å². The molecule has 0 saturated carbocycles. The van der Waals surface area contributed by atoms with Gasteiger partial charge in [0.1, 0.15) is 6.10 Å². The Bertz CT molecular complexity index is 146. The fraction of sp³-hybridized carbons (Fsp3) is 0.900. The van der Waals surface area contributed by atoms with Crippen LogP contribution < -0.4 is 5.32 Å². The molecule has 0 aliphatic heterocycles. The zero-order valence-electron chi connectivity index (χ0n) is 9.09. The molecule has 0 radical (unpaired) electrons. The second-order valence-electron chi connectivity index (χ2n) is 3.53. The van der Waals surface area contributed by atoms with Crippen LogP contribution in [0, 0.1) is 0 Å². The van der Waals surface area contributed by atoms with E-state index in [2.05, 4.69) is 12.2 Å². The Labute approximate surface area is 80.8 Å². The molecular formula is C10H21NO2. The number of rotatable bonds is 6. The highest BCUT2D eigenvalue weighted by Gasteiger charge is 2.12. The predicted molar refractivity (Wildman–Crippen MR) is 53.6 cm³/mol. The molecule has 1 atom stereocenters. The SMILES string of the molecule is CCCCOC(C)C(=O)NC(C)C. The normalized spacial score (nSPS) is 13.0. The molecule has 13 heavy (non-hydrogen) atoms. The molecule has 78 valence electrons. The Balaban J connectivity index is 3.57. The molecule has 0 aliphatic carbocycles. The van der Waals surface area contributed by atoms with Crippen LogP contribution >= 0.6 is 0 Å². The van der Waals surface area contributed by atoms with E-state index in [1.165, 1.54) is 0 Å². The van der Waals surface area contributed by atoms with Crippen LogP contribution in [-0.2, 0) is 9.53 Å². The van der Waals surface area contributed by atoms with Gasteiger partial charge in [-0.2, -0.15) is 0 Å². The fourth-order valence-corrected chi connectivity index (χ4v) is 0.882. The van der Waals surface area contributed by atoms with Gasteiger partial charge in [-0.15, -0.1) is 0 Å². The van der Waals surface area contributed by atoms with Gasteiger partial charge in [-0.25, -0.2) is 0 Å². The number of ether oxygens (including phenoxy) is 1. The molecule has 0 aliphatic rings. The smallest absolute Gasteiger partial charge is 0.249 e. The van der Waals surface area contributed by atoms with Gasteiger partial charge >= 0.3 is 0 Å². The van der Waals surface area contributed by atoms with E-state index in [1.807, 2.05) is 13.8 Å². The fourth-order valence-electron chi connectivity index (χ4n) is 0.882. The first-order chi connectivity index (χ1) is 6.07. The van der Waals surface area contributed by atoms with E-state index in [9.17, 15) is 4.79 Å². The summed E-state index contributed by atoms with van der Waals surface area (Å²) in [4.78, 5) is 11.3. The summed E-state index contributed by atoms with van der Waals surface area (Å²) < 4.78 is 5.33. The Kier molecular flexibility index (Phi) is 6.59. The van der Waals surface area contributed by atoms with E-state index < -0.39 is 0 Å². The number of carbonyl (C=O) groups is 1. The van der Waals surface area contributed by atoms with Crippen LogP contribution in [0.25, 0.3) is 0 Å². The lowest BCUT2D eigenvalue weighted by Crippen LogP contribution is -2.38. The van der Waals surface area contributed by atoms with Crippen molar-refractivity contribution in [3.05, 3.63) is 0 Å². The summed E-state index contributed by atoms with van der Waals surface area (Å²) in [5.74, 6) is -0.0221. The average molecular weight is 187 g/mol. The second kappa shape index (κ2) is 6.89. The van der Waals surface area contributed by atoms with Crippen molar-refractivity contribution in [2.24, 2.45) is 0 Å². The molecule has 0 aromatic rings. The molecule has 0 spiro atoms. The molecular weight excluding hydrogens is 166 g/mol. The minimum absolute atomic E-state index is 0.0221. The highest BCUT2D eigenvalue weighted by atomic mass is 16.5. The first-order valence-corrected chi connectivity index (χ1v) is 5.00. The van der Waals surface area contributed by atoms with Gasteiger partial charge in [0, 0.05) is 12.6 Å². The zero-order valence-corrected chi connectivity index (χ0v) is 9.09. The first kappa shape index (κ1) is 12.4. The van der Waals surface area contributed by atoms with Crippen molar-refractivity contribution < 1.29 is 9.53 Å². The maximum absolute atomic E-state index is 11.3. The predicted octanol–water partition coefficient (Wildman–Crippen LogP) is 1.72. The van der Waals surface area contributed by atoms with Crippen molar-refractivity contribution in [2.45, 2.75) is 52.7 Å². The van der Waals surface area contributed by atoms with Gasteiger partial charge in [-0.05, 0) is 27.2 Å². The zero-order chi connectivity index (χ0) is 10.3. The van der Waals surface area contributed by atoms with Gasteiger partial charge < -0.3 is 10.1 Å². The summed E-state index contributed by atoms with van der Waals surface area (Å²) in [5.41, 5.74) is 0. The molecule has 0 aromatic heterocycles. The van der Waals surface area contributed by atoms with Crippen LogP contribution in [0.15, 0.2) is 0 Å². The van der Waals surface area contributed by atoms with E-state index in [-0.39, 0.29) is 18.1 Å². The highest BCUT2D eigenvalue weighted by molar-refractivity contribution is 5.80. The van der Waals surface area contributed by atoms with Crippen molar-refractivity contribution >= 4 is 5.91 Å². The van der Waals surface area contributed by atoms with Gasteiger partial charge in [0.15, 0.2) is 0 Å². The number of nitrogens with one attached hydrogen (secondary N) is 1. The van der Waals surface area contributed by atoms with E-state index >= 15 is 0 Å². The standard InChI is InChI=1S/C10H21NO2/c1-5-6-7-13-9(4)10(12)11-8(2)3/h8-9H,5-7H2,1-4H3,(H,11,12). The highest BCUT2D eigenvalue weighted by Crippen LogP contribution is 1.95. The van der Waals surface area contributed by atoms with Crippen LogP contribution in [0.3, 0.4) is 0 Å². The second-order valence-corrected chi connectivity index (χ2v) is 3.53. The molecule has 1 N–H and O–H groups in total. The minimum Gasteiger partial charge on any atom is -0.369 e. The summed E-state index contributed by atoms with van der Waals surface area (Å²) in [6, 6.07) is 0.185. The van der Waals surface area contributed by atoms with Crippen LogP contribution in [-0.4, -0.2) is 24.7 Å². The topological polar surface area (TPSA) is 38.3 Å². The Morgan fingerprint density at radius 2 is 2.00 bits per heavy atom. The van der Waals surface area contributed by atoms with Crippen LogP contribution in [0.1, 0.15) is 40.5 Å². The number of hydrogen-bond acceptors (Lipinski definition) is 2. The molecule has 0 saturated heterocycles. The van der Waals surface area contributed by atoms with Crippen molar-refractivity contribution in [1.29, 1.82) is 0 Å². The molecule has 1 unspecified atom stereocenters. The van der Waals surface area contributed by atoms with Gasteiger partial charge in [-0.1, -0.05) is 13.3 Å². The molecule has 0 fully saturated rings. The van der Waals surface area contributed by atoms with E-state index in [4.69, 9.17) is 4.74 Å². The molecule has 0 rings (SSSR count). The van der Waals surface area contributed by atoms with Gasteiger partial charge in [0.2, 0.25) is 5.91 Å². The van der Waals surface area contributed by atoms with Crippen LogP contribution in [0.4, 0.5) is 0 Å². The third-order valence-electron chi connectivity index (χ3n) is 1.67. The van der Waals surface area contributed by atoms with Gasteiger partial charge in [-0.3, -0.25) is 4.79 Å².